The number of nitrogen functional groups attached to an aromatic ring is 1. The van der Waals surface area contributed by atoms with E-state index in [0.717, 1.165) is 9.35 Å². The predicted octanol–water partition coefficient (Wildman–Crippen LogP) is 2.81. The van der Waals surface area contributed by atoms with Crippen LogP contribution in [0.15, 0.2) is 22.5 Å². The average molecular weight is 315 g/mol. The van der Waals surface area contributed by atoms with Gasteiger partial charge in [-0.1, -0.05) is 34.7 Å². The van der Waals surface area contributed by atoms with Crippen molar-refractivity contribution in [3.8, 4) is 0 Å². The van der Waals surface area contributed by atoms with Crippen molar-refractivity contribution in [2.24, 2.45) is 0 Å². The van der Waals surface area contributed by atoms with Crippen LogP contribution in [0, 0.1) is 6.92 Å². The van der Waals surface area contributed by atoms with E-state index in [-0.39, 0.29) is 11.7 Å². The van der Waals surface area contributed by atoms with Crippen molar-refractivity contribution in [2.75, 3.05) is 16.8 Å². The molecule has 0 saturated carbocycles. The van der Waals surface area contributed by atoms with Gasteiger partial charge in [-0.15, -0.1) is 10.2 Å². The normalized spacial score (nSPS) is 10.4. The number of thioether (sulfide) groups is 1. The highest BCUT2D eigenvalue weighted by atomic mass is 35.5. The maximum atomic E-state index is 11.8. The first-order valence-corrected chi connectivity index (χ1v) is 7.50. The van der Waals surface area contributed by atoms with Gasteiger partial charge in [-0.25, -0.2) is 0 Å². The second-order valence-corrected chi connectivity index (χ2v) is 6.50. The lowest BCUT2D eigenvalue weighted by molar-refractivity contribution is -0.113. The first-order valence-electron chi connectivity index (χ1n) is 5.32. The lowest BCUT2D eigenvalue weighted by Gasteiger charge is -2.07. The molecule has 19 heavy (non-hydrogen) atoms. The van der Waals surface area contributed by atoms with Crippen LogP contribution < -0.4 is 11.1 Å². The average Bonchev–Trinajstić information content (AvgIpc) is 2.76. The molecule has 0 aliphatic carbocycles. The number of anilines is 2. The number of amides is 1. The molecule has 5 nitrogen and oxygen atoms in total. The number of nitrogens with two attached hydrogens (primary N) is 1. The van der Waals surface area contributed by atoms with Gasteiger partial charge in [0.15, 0.2) is 4.34 Å². The molecule has 100 valence electrons. The van der Waals surface area contributed by atoms with Gasteiger partial charge < -0.3 is 11.1 Å². The zero-order chi connectivity index (χ0) is 13.8. The van der Waals surface area contributed by atoms with Crippen molar-refractivity contribution in [1.82, 2.24) is 10.2 Å². The van der Waals surface area contributed by atoms with E-state index in [1.54, 1.807) is 18.2 Å². The van der Waals surface area contributed by atoms with E-state index in [1.165, 1.54) is 23.1 Å². The molecule has 1 amide bonds. The van der Waals surface area contributed by atoms with E-state index in [0.29, 0.717) is 16.4 Å². The Hall–Kier alpha value is -1.31. The van der Waals surface area contributed by atoms with Gasteiger partial charge in [0.1, 0.15) is 5.01 Å². The van der Waals surface area contributed by atoms with Crippen LogP contribution in [0.2, 0.25) is 5.02 Å². The molecule has 0 atom stereocenters. The molecule has 3 N–H and O–H groups in total. The predicted molar refractivity (Wildman–Crippen MR) is 79.9 cm³/mol. The van der Waals surface area contributed by atoms with E-state index in [4.69, 9.17) is 17.3 Å². The zero-order valence-corrected chi connectivity index (χ0v) is 12.4. The second kappa shape index (κ2) is 6.23. The lowest BCUT2D eigenvalue weighted by atomic mass is 10.2. The molecule has 0 radical (unpaired) electrons. The maximum absolute atomic E-state index is 11.8. The van der Waals surface area contributed by atoms with Gasteiger partial charge >= 0.3 is 0 Å². The zero-order valence-electron chi connectivity index (χ0n) is 10.0. The summed E-state index contributed by atoms with van der Waals surface area (Å²) in [7, 11) is 0. The van der Waals surface area contributed by atoms with Crippen LogP contribution in [0.25, 0.3) is 0 Å². The lowest BCUT2D eigenvalue weighted by Crippen LogP contribution is -2.15. The number of carbonyl (C=O) groups excluding carboxylic acids is 1. The van der Waals surface area contributed by atoms with Gasteiger partial charge in [0.2, 0.25) is 5.91 Å². The number of halogens is 1. The highest BCUT2D eigenvalue weighted by molar-refractivity contribution is 8.01. The summed E-state index contributed by atoms with van der Waals surface area (Å²) in [6.45, 7) is 1.87. The number of hydrogen-bond acceptors (Lipinski definition) is 6. The summed E-state index contributed by atoms with van der Waals surface area (Å²) in [4.78, 5) is 11.8. The molecular weight excluding hydrogens is 304 g/mol. The SMILES string of the molecule is Cc1nnc(SCC(=O)Nc2ccc(Cl)cc2N)s1. The molecular formula is C11H11ClN4OS2. The summed E-state index contributed by atoms with van der Waals surface area (Å²) in [5.41, 5.74) is 6.76. The van der Waals surface area contributed by atoms with Crippen molar-refractivity contribution in [2.45, 2.75) is 11.3 Å². The van der Waals surface area contributed by atoms with Crippen molar-refractivity contribution in [1.29, 1.82) is 0 Å². The first-order chi connectivity index (χ1) is 9.04. The van der Waals surface area contributed by atoms with Crippen molar-refractivity contribution in [3.05, 3.63) is 28.2 Å². The molecule has 0 fully saturated rings. The number of nitrogens with one attached hydrogen (secondary N) is 1. The van der Waals surface area contributed by atoms with Crippen LogP contribution in [0.1, 0.15) is 5.01 Å². The van der Waals surface area contributed by atoms with Crippen LogP contribution in [-0.2, 0) is 4.79 Å². The highest BCUT2D eigenvalue weighted by Crippen LogP contribution is 2.24. The van der Waals surface area contributed by atoms with Crippen LogP contribution in [0.3, 0.4) is 0 Å². The van der Waals surface area contributed by atoms with Crippen LogP contribution in [-0.4, -0.2) is 21.9 Å². The van der Waals surface area contributed by atoms with Gasteiger partial charge in [-0.3, -0.25) is 4.79 Å². The summed E-state index contributed by atoms with van der Waals surface area (Å²) < 4.78 is 0.775. The Labute approximate surface area is 123 Å². The molecule has 0 unspecified atom stereocenters. The Morgan fingerprint density at radius 1 is 1.53 bits per heavy atom. The van der Waals surface area contributed by atoms with Crippen LogP contribution in [0.5, 0.6) is 0 Å². The summed E-state index contributed by atoms with van der Waals surface area (Å²) in [6.07, 6.45) is 0. The van der Waals surface area contributed by atoms with Crippen LogP contribution >= 0.6 is 34.7 Å². The van der Waals surface area contributed by atoms with Gasteiger partial charge in [0.25, 0.3) is 0 Å². The molecule has 1 aromatic heterocycles. The molecule has 2 rings (SSSR count). The third-order valence-corrected chi connectivity index (χ3v) is 4.33. The Kier molecular flexibility index (Phi) is 4.62. The number of carbonyl (C=O) groups is 1. The highest BCUT2D eigenvalue weighted by Gasteiger charge is 2.08. The summed E-state index contributed by atoms with van der Waals surface area (Å²) in [5.74, 6) is 0.114. The fourth-order valence-electron chi connectivity index (χ4n) is 1.30. The van der Waals surface area contributed by atoms with E-state index in [9.17, 15) is 4.79 Å². The molecule has 1 aromatic carbocycles. The summed E-state index contributed by atoms with van der Waals surface area (Å²) >= 11 is 8.59. The molecule has 0 aliphatic heterocycles. The minimum absolute atomic E-state index is 0.146. The third-order valence-electron chi connectivity index (χ3n) is 2.12. The maximum Gasteiger partial charge on any atom is 0.234 e. The Bertz CT molecular complexity index is 602. The smallest absolute Gasteiger partial charge is 0.234 e. The van der Waals surface area contributed by atoms with E-state index < -0.39 is 0 Å². The van der Waals surface area contributed by atoms with Gasteiger partial charge in [-0.05, 0) is 25.1 Å². The fraction of sp³-hybridized carbons (Fsp3) is 0.182. The number of aryl methyl sites for hydroxylation is 1. The van der Waals surface area contributed by atoms with Crippen LogP contribution in [0.4, 0.5) is 11.4 Å². The van der Waals surface area contributed by atoms with Gasteiger partial charge in [0.05, 0.1) is 17.1 Å². The molecule has 1 heterocycles. The fourth-order valence-corrected chi connectivity index (χ4v) is 3.09. The topological polar surface area (TPSA) is 80.9 Å². The molecule has 2 aromatic rings. The quantitative estimate of drug-likeness (QED) is 0.670. The molecule has 8 heteroatoms. The first kappa shape index (κ1) is 14.1. The Morgan fingerprint density at radius 3 is 2.95 bits per heavy atom. The standard InChI is InChI=1S/C11H11ClN4OS2/c1-6-15-16-11(19-6)18-5-10(17)14-9-3-2-7(12)4-8(9)13/h2-4H,5,13H2,1H3,(H,14,17). The van der Waals surface area contributed by atoms with E-state index in [2.05, 4.69) is 15.5 Å². The minimum Gasteiger partial charge on any atom is -0.397 e. The van der Waals surface area contributed by atoms with Crippen molar-refractivity contribution in [3.63, 3.8) is 0 Å². The van der Waals surface area contributed by atoms with E-state index >= 15 is 0 Å². The minimum atomic E-state index is -0.146. The number of hydrogen-bond donors (Lipinski definition) is 2. The third kappa shape index (κ3) is 4.09. The number of aromatic nitrogens is 2. The number of benzene rings is 1. The van der Waals surface area contributed by atoms with E-state index in [1.807, 2.05) is 6.92 Å². The Balaban J connectivity index is 1.90. The number of nitrogens with zero attached hydrogens (tertiary/aromatic N) is 2. The molecule has 0 saturated heterocycles. The van der Waals surface area contributed by atoms with Gasteiger partial charge in [-0.2, -0.15) is 0 Å². The van der Waals surface area contributed by atoms with Crippen molar-refractivity contribution < 1.29 is 4.79 Å². The largest absolute Gasteiger partial charge is 0.397 e. The van der Waals surface area contributed by atoms with Gasteiger partial charge in [0, 0.05) is 5.02 Å². The monoisotopic (exact) mass is 314 g/mol. The second-order valence-electron chi connectivity index (χ2n) is 3.66. The molecule has 0 aliphatic rings. The number of rotatable bonds is 4. The molecule has 0 bridgehead atoms. The summed E-state index contributed by atoms with van der Waals surface area (Å²) in [6, 6.07) is 4.95. The molecule has 0 spiro atoms. The summed E-state index contributed by atoms with van der Waals surface area (Å²) in [5, 5.41) is 12.0. The Morgan fingerprint density at radius 2 is 2.32 bits per heavy atom. The van der Waals surface area contributed by atoms with Crippen molar-refractivity contribution >= 4 is 52.0 Å².